The van der Waals surface area contributed by atoms with Gasteiger partial charge in [0.2, 0.25) is 0 Å². The van der Waals surface area contributed by atoms with E-state index in [1.165, 1.54) is 0 Å². The molecule has 0 amide bonds. The predicted octanol–water partition coefficient (Wildman–Crippen LogP) is 2.39. The lowest BCUT2D eigenvalue weighted by Gasteiger charge is -2.08. The molecule has 2 unspecified atom stereocenters. The van der Waals surface area contributed by atoms with Crippen LogP contribution in [0.3, 0.4) is 0 Å². The molecule has 0 bridgehead atoms. The third-order valence-electron chi connectivity index (χ3n) is 3.11. The maximum atomic E-state index is 10.6. The van der Waals surface area contributed by atoms with Gasteiger partial charge in [-0.25, -0.2) is 9.82 Å². The van der Waals surface area contributed by atoms with E-state index in [-0.39, 0.29) is 0 Å². The maximum absolute atomic E-state index is 10.6. The molecule has 134 valence electrons. The highest BCUT2D eigenvalue weighted by atomic mass is 35.5. The minimum Gasteiger partial charge on any atom is -0.480 e. The number of aromatic nitrogens is 1. The smallest absolute Gasteiger partial charge is 0.325 e. The number of benzene rings is 1. The fraction of sp³-hybridized carbons (Fsp3) is 0.235. The normalized spacial score (nSPS) is 12.2. The third kappa shape index (κ3) is 8.14. The van der Waals surface area contributed by atoms with Crippen molar-refractivity contribution in [2.24, 2.45) is 0 Å². The van der Waals surface area contributed by atoms with Crippen molar-refractivity contribution in [3.05, 3.63) is 60.3 Å². The van der Waals surface area contributed by atoms with Crippen LogP contribution in [0.1, 0.15) is 12.5 Å². The highest BCUT2D eigenvalue weighted by molar-refractivity contribution is 6.14. The number of nitrogens with zero attached hydrogens (tertiary/aromatic N) is 1. The number of anilines is 1. The van der Waals surface area contributed by atoms with E-state index in [4.69, 9.17) is 22.0 Å². The van der Waals surface area contributed by atoms with Crippen molar-refractivity contribution in [3.63, 3.8) is 0 Å². The number of halogens is 1. The third-order valence-corrected chi connectivity index (χ3v) is 3.38. The first-order valence-corrected chi connectivity index (χ1v) is 7.85. The number of rotatable bonds is 7. The molecule has 0 saturated heterocycles. The molecule has 1 aromatic carbocycles. The molecule has 0 saturated carbocycles. The highest BCUT2D eigenvalue weighted by Crippen LogP contribution is 2.04. The Morgan fingerprint density at radius 3 is 2.20 bits per heavy atom. The minimum absolute atomic E-state index is 0.389. The second-order valence-electron chi connectivity index (χ2n) is 5.11. The predicted molar refractivity (Wildman–Crippen MR) is 95.5 cm³/mol. The van der Waals surface area contributed by atoms with Crippen LogP contribution in [-0.2, 0) is 16.0 Å². The second-order valence-corrected chi connectivity index (χ2v) is 5.33. The molecule has 2 aromatic rings. The summed E-state index contributed by atoms with van der Waals surface area (Å²) in [7, 11) is 0. The molecular weight excluding hydrogens is 346 g/mol. The van der Waals surface area contributed by atoms with Gasteiger partial charge in [-0.15, -0.1) is 0 Å². The van der Waals surface area contributed by atoms with Gasteiger partial charge >= 0.3 is 11.9 Å². The highest BCUT2D eigenvalue weighted by Gasteiger charge is 2.15. The Morgan fingerprint density at radius 2 is 1.72 bits per heavy atom. The molecule has 7 nitrogen and oxygen atoms in total. The fourth-order valence-electron chi connectivity index (χ4n) is 1.75. The van der Waals surface area contributed by atoms with Crippen LogP contribution in [0.5, 0.6) is 0 Å². The van der Waals surface area contributed by atoms with Crippen LogP contribution in [0.4, 0.5) is 5.82 Å². The summed E-state index contributed by atoms with van der Waals surface area (Å²) in [6.45, 7) is 1.57. The van der Waals surface area contributed by atoms with Crippen molar-refractivity contribution in [3.8, 4) is 0 Å². The zero-order valence-electron chi connectivity index (χ0n) is 13.6. The number of carbonyl (C=O) groups is 2. The van der Waals surface area contributed by atoms with Crippen LogP contribution in [0.25, 0.3) is 0 Å². The molecule has 4 N–H and O–H groups in total. The van der Waals surface area contributed by atoms with E-state index in [2.05, 4.69) is 15.1 Å². The number of nitrogens with one attached hydrogen (secondary N) is 2. The van der Waals surface area contributed by atoms with Crippen molar-refractivity contribution in [1.29, 1.82) is 0 Å². The number of carboxylic acids is 2. The van der Waals surface area contributed by atoms with Gasteiger partial charge in [-0.2, -0.15) is 0 Å². The molecule has 2 atom stereocenters. The van der Waals surface area contributed by atoms with E-state index in [1.54, 1.807) is 31.3 Å². The topological polar surface area (TPSA) is 112 Å². The van der Waals surface area contributed by atoms with Gasteiger partial charge < -0.3 is 15.5 Å². The summed E-state index contributed by atoms with van der Waals surface area (Å²) in [5.74, 6) is -1.26. The van der Waals surface area contributed by atoms with Crippen LogP contribution < -0.4 is 10.2 Å². The summed E-state index contributed by atoms with van der Waals surface area (Å²) < 4.78 is 0. The number of aliphatic carboxylic acids is 2. The first-order valence-electron chi connectivity index (χ1n) is 7.47. The average Bonchev–Trinajstić information content (AvgIpc) is 2.61. The van der Waals surface area contributed by atoms with E-state index in [1.807, 2.05) is 30.3 Å². The Kier molecular flexibility index (Phi) is 8.99. The summed E-state index contributed by atoms with van der Waals surface area (Å²) in [4.78, 5) is 27.2. The lowest BCUT2D eigenvalue weighted by molar-refractivity contribution is -0.139. The van der Waals surface area contributed by atoms with Crippen LogP contribution in [0.2, 0.25) is 0 Å². The van der Waals surface area contributed by atoms with Crippen molar-refractivity contribution in [1.82, 2.24) is 9.82 Å². The van der Waals surface area contributed by atoms with Gasteiger partial charge in [0, 0.05) is 6.20 Å². The van der Waals surface area contributed by atoms with Crippen LogP contribution in [0.15, 0.2) is 54.7 Å². The van der Waals surface area contributed by atoms with Gasteiger partial charge in [-0.05, 0) is 42.8 Å². The Hall–Kier alpha value is -2.64. The van der Waals surface area contributed by atoms with Crippen LogP contribution in [0, 0.1) is 0 Å². The van der Waals surface area contributed by atoms with Crippen LogP contribution in [-0.4, -0.2) is 39.2 Å². The van der Waals surface area contributed by atoms with Crippen molar-refractivity contribution in [2.75, 3.05) is 5.32 Å². The number of pyridine rings is 1. The zero-order chi connectivity index (χ0) is 18.7. The number of carboxylic acid groups (broad SMARTS) is 2. The van der Waals surface area contributed by atoms with E-state index in [9.17, 15) is 9.59 Å². The summed E-state index contributed by atoms with van der Waals surface area (Å²) in [6.07, 6.45) is 2.00. The van der Waals surface area contributed by atoms with Gasteiger partial charge in [-0.1, -0.05) is 36.4 Å². The Morgan fingerprint density at radius 1 is 1.08 bits per heavy atom. The van der Waals surface area contributed by atoms with E-state index in [0.717, 1.165) is 5.56 Å². The molecule has 1 aromatic heterocycles. The molecule has 0 radical (unpaired) electrons. The van der Waals surface area contributed by atoms with Crippen molar-refractivity contribution in [2.45, 2.75) is 25.4 Å². The second kappa shape index (κ2) is 11.0. The summed E-state index contributed by atoms with van der Waals surface area (Å²) in [6, 6.07) is 13.3. The first-order chi connectivity index (χ1) is 11.9. The zero-order valence-corrected chi connectivity index (χ0v) is 14.3. The SMILES string of the molecule is CC(Nc1ccccn1)C(=O)O.O=C(O)C(Cc1ccccc1)NCl. The van der Waals surface area contributed by atoms with Gasteiger partial charge in [0.25, 0.3) is 0 Å². The summed E-state index contributed by atoms with van der Waals surface area (Å²) in [5, 5.41) is 20.0. The molecular formula is C17H20ClN3O4. The molecule has 0 aliphatic rings. The van der Waals surface area contributed by atoms with Gasteiger partial charge in [0.15, 0.2) is 0 Å². The summed E-state index contributed by atoms with van der Waals surface area (Å²) >= 11 is 5.28. The lowest BCUT2D eigenvalue weighted by atomic mass is 10.1. The Labute approximate surface area is 150 Å². The van der Waals surface area contributed by atoms with Gasteiger partial charge in [0.1, 0.15) is 17.9 Å². The molecule has 25 heavy (non-hydrogen) atoms. The largest absolute Gasteiger partial charge is 0.480 e. The minimum atomic E-state index is -0.946. The standard InChI is InChI=1S/C9H10ClNO2.C8H10N2O2/c10-11-8(9(12)13)6-7-4-2-1-3-5-7;1-6(8(11)12)10-7-4-2-3-5-9-7/h1-5,8,11H,6H2,(H,12,13);2-6H,1H3,(H,9,10)(H,11,12). The van der Waals surface area contributed by atoms with E-state index in [0.29, 0.717) is 12.2 Å². The first kappa shape index (κ1) is 20.4. The Bertz CT molecular complexity index is 655. The lowest BCUT2D eigenvalue weighted by Crippen LogP contribution is -2.32. The molecule has 8 heteroatoms. The van der Waals surface area contributed by atoms with Crippen molar-refractivity contribution < 1.29 is 19.8 Å². The molecule has 0 spiro atoms. The molecule has 0 aliphatic heterocycles. The van der Waals surface area contributed by atoms with Gasteiger partial charge in [0.05, 0.1) is 0 Å². The Balaban J connectivity index is 0.000000251. The molecule has 1 heterocycles. The molecule has 0 fully saturated rings. The fourth-order valence-corrected chi connectivity index (χ4v) is 1.92. The van der Waals surface area contributed by atoms with E-state index >= 15 is 0 Å². The molecule has 2 rings (SSSR count). The molecule has 0 aliphatic carbocycles. The summed E-state index contributed by atoms with van der Waals surface area (Å²) in [5.41, 5.74) is 0.947. The quantitative estimate of drug-likeness (QED) is 0.557. The number of hydrogen-bond acceptors (Lipinski definition) is 5. The average molecular weight is 366 g/mol. The van der Waals surface area contributed by atoms with Crippen molar-refractivity contribution >= 4 is 29.5 Å². The van der Waals surface area contributed by atoms with Crippen LogP contribution >= 0.6 is 11.8 Å². The van der Waals surface area contributed by atoms with E-state index < -0.39 is 24.0 Å². The maximum Gasteiger partial charge on any atom is 0.325 e. The number of hydrogen-bond donors (Lipinski definition) is 4. The van der Waals surface area contributed by atoms with Gasteiger partial charge in [-0.3, -0.25) is 9.59 Å². The monoisotopic (exact) mass is 365 g/mol.